The fourth-order valence-corrected chi connectivity index (χ4v) is 4.37. The second-order valence-electron chi connectivity index (χ2n) is 8.58. The molecule has 4 aromatic rings. The molecule has 1 N–H and O–H groups in total. The van der Waals surface area contributed by atoms with E-state index in [1.165, 1.54) is 16.0 Å². The predicted molar refractivity (Wildman–Crippen MR) is 123 cm³/mol. The molecule has 170 valence electrons. The van der Waals surface area contributed by atoms with E-state index in [1.807, 2.05) is 16.7 Å². The Morgan fingerprint density at radius 3 is 2.73 bits per heavy atom. The molecular weight excluding hydrogens is 420 g/mol. The van der Waals surface area contributed by atoms with Crippen molar-refractivity contribution in [2.45, 2.75) is 39.1 Å². The lowest BCUT2D eigenvalue weighted by atomic mass is 10.2. The molecule has 5 rings (SSSR count). The lowest BCUT2D eigenvalue weighted by Gasteiger charge is -2.35. The largest absolute Gasteiger partial charge is 0.373 e. The van der Waals surface area contributed by atoms with Gasteiger partial charge in [-0.15, -0.1) is 0 Å². The van der Waals surface area contributed by atoms with Crippen molar-refractivity contribution >= 4 is 17.2 Å². The summed E-state index contributed by atoms with van der Waals surface area (Å²) in [5, 5.41) is 2.81. The first-order chi connectivity index (χ1) is 15.9. The summed E-state index contributed by atoms with van der Waals surface area (Å²) < 4.78 is 9.19. The van der Waals surface area contributed by atoms with Gasteiger partial charge in [-0.3, -0.25) is 18.9 Å². The minimum atomic E-state index is -0.410. The van der Waals surface area contributed by atoms with Crippen LogP contribution in [0.1, 0.15) is 35.6 Å². The number of pyridine rings is 2. The van der Waals surface area contributed by atoms with Gasteiger partial charge >= 0.3 is 0 Å². The van der Waals surface area contributed by atoms with Gasteiger partial charge in [0.15, 0.2) is 0 Å². The van der Waals surface area contributed by atoms with Gasteiger partial charge < -0.3 is 14.5 Å². The molecule has 0 saturated carbocycles. The highest BCUT2D eigenvalue weighted by Crippen LogP contribution is 2.15. The number of amides is 1. The Morgan fingerprint density at radius 1 is 1.09 bits per heavy atom. The van der Waals surface area contributed by atoms with Crippen molar-refractivity contribution in [1.29, 1.82) is 0 Å². The molecule has 0 aliphatic carbocycles. The molecule has 1 aliphatic heterocycles. The van der Waals surface area contributed by atoms with E-state index in [0.717, 1.165) is 31.0 Å². The van der Waals surface area contributed by atoms with Crippen LogP contribution in [0.25, 0.3) is 11.3 Å². The molecule has 2 atom stereocenters. The molecule has 2 unspecified atom stereocenters. The first-order valence-electron chi connectivity index (χ1n) is 11.1. The molecule has 1 saturated heterocycles. The van der Waals surface area contributed by atoms with Crippen LogP contribution in [0.3, 0.4) is 0 Å². The van der Waals surface area contributed by atoms with E-state index in [1.54, 1.807) is 24.4 Å². The van der Waals surface area contributed by atoms with E-state index in [0.29, 0.717) is 5.65 Å². The van der Waals surface area contributed by atoms with E-state index >= 15 is 0 Å². The second kappa shape index (κ2) is 8.76. The van der Waals surface area contributed by atoms with Crippen LogP contribution in [0.2, 0.25) is 0 Å². The highest BCUT2D eigenvalue weighted by Gasteiger charge is 2.22. The van der Waals surface area contributed by atoms with Crippen LogP contribution in [-0.2, 0) is 17.8 Å². The summed E-state index contributed by atoms with van der Waals surface area (Å²) >= 11 is 0. The van der Waals surface area contributed by atoms with Crippen LogP contribution in [0.5, 0.6) is 0 Å². The maximum atomic E-state index is 12.6. The zero-order valence-corrected chi connectivity index (χ0v) is 18.6. The molecule has 0 aromatic carbocycles. The third kappa shape index (κ3) is 4.64. The number of imidazole rings is 1. The standard InChI is InChI=1S/C24H26N6O3/c1-16-11-28(12-17(2)33-16)13-18-6-7-21-26-19(15-29(21)14-18)10-25-24(32)20-9-23(31)30-8-4-3-5-22(30)27-20/h3-9,14-17H,10-13H2,1-2H3,(H,25,32). The van der Waals surface area contributed by atoms with Crippen molar-refractivity contribution in [3.8, 4) is 0 Å². The van der Waals surface area contributed by atoms with Crippen molar-refractivity contribution < 1.29 is 9.53 Å². The molecule has 0 radical (unpaired) electrons. The fraction of sp³-hybridized carbons (Fsp3) is 0.333. The van der Waals surface area contributed by atoms with Crippen LogP contribution in [-0.4, -0.2) is 54.9 Å². The number of hydrogen-bond acceptors (Lipinski definition) is 6. The Labute approximate surface area is 190 Å². The number of nitrogens with zero attached hydrogens (tertiary/aromatic N) is 5. The Morgan fingerprint density at radius 2 is 1.91 bits per heavy atom. The summed E-state index contributed by atoms with van der Waals surface area (Å²) in [6.07, 6.45) is 6.07. The molecule has 4 aromatic heterocycles. The lowest BCUT2D eigenvalue weighted by molar-refractivity contribution is -0.0705. The SMILES string of the molecule is CC1CN(Cc2ccc3nc(CNC(=O)c4cc(=O)n5ccccc5n4)cn3c2)CC(C)O1. The summed E-state index contributed by atoms with van der Waals surface area (Å²) in [5.41, 5.74) is 2.96. The zero-order valence-electron chi connectivity index (χ0n) is 18.6. The van der Waals surface area contributed by atoms with Crippen molar-refractivity contribution in [3.63, 3.8) is 0 Å². The number of fused-ring (bicyclic) bond motifs is 2. The van der Waals surface area contributed by atoms with Crippen molar-refractivity contribution in [2.24, 2.45) is 0 Å². The first-order valence-corrected chi connectivity index (χ1v) is 11.1. The number of carbonyl (C=O) groups excluding carboxylic acids is 1. The molecule has 5 heterocycles. The van der Waals surface area contributed by atoms with Crippen molar-refractivity contribution in [2.75, 3.05) is 13.1 Å². The Bertz CT molecular complexity index is 1370. The van der Waals surface area contributed by atoms with E-state index in [2.05, 4.69) is 46.3 Å². The zero-order chi connectivity index (χ0) is 22.9. The Balaban J connectivity index is 1.27. The number of morpholine rings is 1. The van der Waals surface area contributed by atoms with Gasteiger partial charge in [-0.2, -0.15) is 0 Å². The summed E-state index contributed by atoms with van der Waals surface area (Å²) in [5.74, 6) is -0.410. The van der Waals surface area contributed by atoms with E-state index in [4.69, 9.17) is 4.74 Å². The van der Waals surface area contributed by atoms with Crippen LogP contribution in [0.4, 0.5) is 0 Å². The fourth-order valence-electron chi connectivity index (χ4n) is 4.37. The number of hydrogen-bond donors (Lipinski definition) is 1. The van der Waals surface area contributed by atoms with Gasteiger partial charge in [0.1, 0.15) is 17.0 Å². The number of carbonyl (C=O) groups is 1. The quantitative estimate of drug-likeness (QED) is 0.503. The first kappa shape index (κ1) is 21.3. The number of aromatic nitrogens is 4. The van der Waals surface area contributed by atoms with Crippen molar-refractivity contribution in [1.82, 2.24) is 29.0 Å². The van der Waals surface area contributed by atoms with E-state index < -0.39 is 5.91 Å². The molecule has 0 bridgehead atoms. The van der Waals surface area contributed by atoms with E-state index in [9.17, 15) is 9.59 Å². The monoisotopic (exact) mass is 446 g/mol. The maximum absolute atomic E-state index is 12.6. The summed E-state index contributed by atoms with van der Waals surface area (Å²) in [6.45, 7) is 7.12. The van der Waals surface area contributed by atoms with E-state index in [-0.39, 0.29) is 30.0 Å². The van der Waals surface area contributed by atoms with Crippen LogP contribution in [0, 0.1) is 0 Å². The highest BCUT2D eigenvalue weighted by atomic mass is 16.5. The molecule has 9 nitrogen and oxygen atoms in total. The van der Waals surface area contributed by atoms with Gasteiger partial charge in [0, 0.05) is 44.3 Å². The van der Waals surface area contributed by atoms with Crippen LogP contribution in [0.15, 0.2) is 59.8 Å². The Kier molecular flexibility index (Phi) is 5.65. The molecule has 1 amide bonds. The Hall–Kier alpha value is -3.56. The minimum Gasteiger partial charge on any atom is -0.373 e. The number of nitrogens with one attached hydrogen (secondary N) is 1. The molecule has 9 heteroatoms. The maximum Gasteiger partial charge on any atom is 0.270 e. The second-order valence-corrected chi connectivity index (χ2v) is 8.58. The topological polar surface area (TPSA) is 93.2 Å². The van der Waals surface area contributed by atoms with Gasteiger partial charge in [0.25, 0.3) is 11.5 Å². The summed E-state index contributed by atoms with van der Waals surface area (Å²) in [4.78, 5) is 36.1. The van der Waals surface area contributed by atoms with Crippen LogP contribution < -0.4 is 10.9 Å². The van der Waals surface area contributed by atoms with Gasteiger partial charge in [0.05, 0.1) is 24.4 Å². The third-order valence-electron chi connectivity index (χ3n) is 5.70. The average Bonchev–Trinajstić information content (AvgIpc) is 3.19. The van der Waals surface area contributed by atoms with Gasteiger partial charge in [-0.1, -0.05) is 12.1 Å². The number of ether oxygens (including phenoxy) is 1. The van der Waals surface area contributed by atoms with Crippen LogP contribution >= 0.6 is 0 Å². The van der Waals surface area contributed by atoms with Gasteiger partial charge in [0.2, 0.25) is 0 Å². The smallest absolute Gasteiger partial charge is 0.270 e. The van der Waals surface area contributed by atoms with Gasteiger partial charge in [-0.05, 0) is 37.6 Å². The molecule has 0 spiro atoms. The number of rotatable bonds is 5. The lowest BCUT2D eigenvalue weighted by Crippen LogP contribution is -2.44. The normalized spacial score (nSPS) is 19.2. The predicted octanol–water partition coefficient (Wildman–Crippen LogP) is 1.88. The molecule has 1 fully saturated rings. The third-order valence-corrected chi connectivity index (χ3v) is 5.70. The van der Waals surface area contributed by atoms with Crippen molar-refractivity contribution in [3.05, 3.63) is 82.3 Å². The van der Waals surface area contributed by atoms with Gasteiger partial charge in [-0.25, -0.2) is 9.97 Å². The molecular formula is C24H26N6O3. The minimum absolute atomic E-state index is 0.0891. The highest BCUT2D eigenvalue weighted by molar-refractivity contribution is 5.92. The molecule has 1 aliphatic rings. The molecule has 33 heavy (non-hydrogen) atoms. The summed E-state index contributed by atoms with van der Waals surface area (Å²) in [6, 6.07) is 10.5. The summed E-state index contributed by atoms with van der Waals surface area (Å²) in [7, 11) is 0. The average molecular weight is 447 g/mol.